The minimum atomic E-state index is -0.508. The van der Waals surface area contributed by atoms with Gasteiger partial charge in [-0.05, 0) is 25.5 Å². The van der Waals surface area contributed by atoms with Crippen molar-refractivity contribution in [2.24, 2.45) is 0 Å². The third-order valence-corrected chi connectivity index (χ3v) is 4.07. The van der Waals surface area contributed by atoms with Gasteiger partial charge in [0.05, 0.1) is 16.8 Å². The number of benzene rings is 1. The van der Waals surface area contributed by atoms with E-state index in [0.717, 1.165) is 5.56 Å². The van der Waals surface area contributed by atoms with Crippen LogP contribution in [0.5, 0.6) is 5.75 Å². The summed E-state index contributed by atoms with van der Waals surface area (Å²) in [5.74, 6) is 0.122. The maximum atomic E-state index is 12.4. The Kier molecular flexibility index (Phi) is 3.62. The Balaban J connectivity index is 1.91. The lowest BCUT2D eigenvalue weighted by atomic mass is 10.1. The van der Waals surface area contributed by atoms with Crippen LogP contribution in [0.1, 0.15) is 33.2 Å². The van der Waals surface area contributed by atoms with Crippen molar-refractivity contribution >= 4 is 17.5 Å². The molecule has 1 aromatic heterocycles. The highest BCUT2D eigenvalue weighted by Gasteiger charge is 2.29. The van der Waals surface area contributed by atoms with Crippen LogP contribution >= 0.6 is 11.6 Å². The normalized spacial score (nSPS) is 16.0. The van der Waals surface area contributed by atoms with Gasteiger partial charge >= 0.3 is 0 Å². The number of fused-ring (bicyclic) bond motifs is 1. The minimum Gasteiger partial charge on any atom is -0.489 e. The number of H-pyrrole nitrogens is 1. The van der Waals surface area contributed by atoms with E-state index in [4.69, 9.17) is 16.3 Å². The Morgan fingerprint density at radius 3 is 3.00 bits per heavy atom. The summed E-state index contributed by atoms with van der Waals surface area (Å²) in [5, 5.41) is 9.49. The average molecular weight is 320 g/mol. The van der Waals surface area contributed by atoms with Crippen molar-refractivity contribution in [2.45, 2.75) is 19.9 Å². The molecule has 1 atom stereocenters. The number of ether oxygens (including phenoxy) is 1. The molecule has 1 aliphatic heterocycles. The highest BCUT2D eigenvalue weighted by Crippen LogP contribution is 2.38. The van der Waals surface area contributed by atoms with Crippen molar-refractivity contribution in [2.75, 3.05) is 6.61 Å². The van der Waals surface area contributed by atoms with Gasteiger partial charge in [-0.2, -0.15) is 5.10 Å². The molecule has 7 heteroatoms. The van der Waals surface area contributed by atoms with E-state index in [1.807, 2.05) is 6.07 Å². The average Bonchev–Trinajstić information content (AvgIpc) is 2.88. The monoisotopic (exact) mass is 319 g/mol. The van der Waals surface area contributed by atoms with Gasteiger partial charge in [0.25, 0.3) is 11.5 Å². The van der Waals surface area contributed by atoms with Crippen molar-refractivity contribution in [3.63, 3.8) is 0 Å². The number of aryl methyl sites for hydroxylation is 1. The summed E-state index contributed by atoms with van der Waals surface area (Å²) in [5.41, 5.74) is 1.54. The number of rotatable bonds is 2. The third-order valence-electron chi connectivity index (χ3n) is 3.77. The number of para-hydroxylation sites is 1. The number of aromatic nitrogens is 2. The van der Waals surface area contributed by atoms with Crippen LogP contribution in [-0.2, 0) is 0 Å². The lowest BCUT2D eigenvalue weighted by Gasteiger charge is -2.13. The van der Waals surface area contributed by atoms with Crippen LogP contribution in [0.15, 0.2) is 23.0 Å². The molecule has 22 heavy (non-hydrogen) atoms. The Morgan fingerprint density at radius 2 is 2.23 bits per heavy atom. The highest BCUT2D eigenvalue weighted by molar-refractivity contribution is 6.32. The van der Waals surface area contributed by atoms with Crippen LogP contribution in [-0.4, -0.2) is 22.7 Å². The first-order valence-corrected chi connectivity index (χ1v) is 7.14. The van der Waals surface area contributed by atoms with Crippen molar-refractivity contribution in [3.8, 4) is 5.75 Å². The van der Waals surface area contributed by atoms with E-state index in [-0.39, 0.29) is 18.2 Å². The number of hydrogen-bond donors (Lipinski definition) is 2. The molecule has 114 valence electrons. The van der Waals surface area contributed by atoms with Crippen molar-refractivity contribution in [1.29, 1.82) is 0 Å². The summed E-state index contributed by atoms with van der Waals surface area (Å²) in [6.45, 7) is 3.71. The van der Waals surface area contributed by atoms with Crippen LogP contribution in [0.25, 0.3) is 0 Å². The SMILES string of the molecule is Cc1n[nH]c(=O)c(C(=O)NC2COc3c(Cl)cccc32)c1C. The number of halogens is 1. The summed E-state index contributed by atoms with van der Waals surface area (Å²) in [4.78, 5) is 24.3. The lowest BCUT2D eigenvalue weighted by molar-refractivity contribution is 0.0927. The molecule has 2 N–H and O–H groups in total. The van der Waals surface area contributed by atoms with Gasteiger partial charge in [-0.1, -0.05) is 23.7 Å². The first-order valence-electron chi connectivity index (χ1n) is 6.77. The molecule has 3 rings (SSSR count). The molecule has 1 aromatic carbocycles. The van der Waals surface area contributed by atoms with E-state index in [1.54, 1.807) is 26.0 Å². The number of aromatic amines is 1. The zero-order valence-corrected chi connectivity index (χ0v) is 12.8. The summed E-state index contributed by atoms with van der Waals surface area (Å²) in [6, 6.07) is 5.03. The first-order chi connectivity index (χ1) is 10.5. The fraction of sp³-hybridized carbons (Fsp3) is 0.267. The number of nitrogens with one attached hydrogen (secondary N) is 2. The van der Waals surface area contributed by atoms with E-state index in [2.05, 4.69) is 15.5 Å². The Labute approximate surface area is 131 Å². The zero-order chi connectivity index (χ0) is 15.9. The van der Waals surface area contributed by atoms with Gasteiger partial charge in [-0.25, -0.2) is 5.10 Å². The molecule has 1 amide bonds. The van der Waals surface area contributed by atoms with Crippen LogP contribution in [0.3, 0.4) is 0 Å². The minimum absolute atomic E-state index is 0.0722. The largest absolute Gasteiger partial charge is 0.489 e. The maximum Gasteiger partial charge on any atom is 0.277 e. The number of nitrogens with zero attached hydrogens (tertiary/aromatic N) is 1. The predicted octanol–water partition coefficient (Wildman–Crippen LogP) is 1.90. The number of carbonyl (C=O) groups is 1. The molecule has 1 aliphatic rings. The van der Waals surface area contributed by atoms with Crippen molar-refractivity contribution < 1.29 is 9.53 Å². The molecule has 0 saturated heterocycles. The lowest BCUT2D eigenvalue weighted by Crippen LogP contribution is -2.35. The third kappa shape index (κ3) is 2.35. The molecule has 2 heterocycles. The van der Waals surface area contributed by atoms with Gasteiger partial charge in [0, 0.05) is 5.56 Å². The van der Waals surface area contributed by atoms with E-state index < -0.39 is 11.5 Å². The summed E-state index contributed by atoms with van der Waals surface area (Å²) < 4.78 is 5.52. The molecule has 0 aliphatic carbocycles. The highest BCUT2D eigenvalue weighted by atomic mass is 35.5. The topological polar surface area (TPSA) is 84.1 Å². The van der Waals surface area contributed by atoms with Crippen LogP contribution < -0.4 is 15.6 Å². The number of carbonyl (C=O) groups excluding carboxylic acids is 1. The molecular weight excluding hydrogens is 306 g/mol. The molecule has 1 unspecified atom stereocenters. The second-order valence-electron chi connectivity index (χ2n) is 5.13. The van der Waals surface area contributed by atoms with Crippen LogP contribution in [0.2, 0.25) is 5.02 Å². The van der Waals surface area contributed by atoms with E-state index in [1.165, 1.54) is 0 Å². The predicted molar refractivity (Wildman–Crippen MR) is 81.5 cm³/mol. The molecule has 6 nitrogen and oxygen atoms in total. The van der Waals surface area contributed by atoms with Crippen molar-refractivity contribution in [1.82, 2.24) is 15.5 Å². The van der Waals surface area contributed by atoms with Gasteiger partial charge in [0.15, 0.2) is 0 Å². The van der Waals surface area contributed by atoms with Gasteiger partial charge in [-0.3, -0.25) is 9.59 Å². The molecule has 0 bridgehead atoms. The molecule has 0 saturated carbocycles. The second kappa shape index (κ2) is 5.46. The number of amides is 1. The molecule has 2 aromatic rings. The standard InChI is InChI=1S/C15H14ClN3O3/c1-7-8(2)18-19-15(21)12(7)14(20)17-11-6-22-13-9(11)4-3-5-10(13)16/h3-5,11H,6H2,1-2H3,(H,17,20)(H,19,21). The van der Waals surface area contributed by atoms with Crippen molar-refractivity contribution in [3.05, 3.63) is 56.0 Å². The van der Waals surface area contributed by atoms with Crippen LogP contribution in [0.4, 0.5) is 0 Å². The van der Waals surface area contributed by atoms with E-state index in [0.29, 0.717) is 22.0 Å². The van der Waals surface area contributed by atoms with Crippen LogP contribution in [0, 0.1) is 13.8 Å². The summed E-state index contributed by atoms with van der Waals surface area (Å²) in [6.07, 6.45) is 0. The van der Waals surface area contributed by atoms with Gasteiger partial charge < -0.3 is 10.1 Å². The molecule has 0 radical (unpaired) electrons. The Bertz CT molecular complexity index is 816. The summed E-state index contributed by atoms with van der Waals surface area (Å²) in [7, 11) is 0. The summed E-state index contributed by atoms with van der Waals surface area (Å²) >= 11 is 6.06. The van der Waals surface area contributed by atoms with Gasteiger partial charge in [-0.15, -0.1) is 0 Å². The Morgan fingerprint density at radius 1 is 1.45 bits per heavy atom. The second-order valence-corrected chi connectivity index (χ2v) is 5.54. The molecular formula is C15H14ClN3O3. The first kappa shape index (κ1) is 14.6. The fourth-order valence-electron chi connectivity index (χ4n) is 2.46. The Hall–Kier alpha value is -2.34. The molecule has 0 fully saturated rings. The quantitative estimate of drug-likeness (QED) is 0.885. The maximum absolute atomic E-state index is 12.4. The van der Waals surface area contributed by atoms with Gasteiger partial charge in [0.1, 0.15) is 17.9 Å². The van der Waals surface area contributed by atoms with E-state index >= 15 is 0 Å². The number of hydrogen-bond acceptors (Lipinski definition) is 4. The molecule has 0 spiro atoms. The smallest absolute Gasteiger partial charge is 0.277 e. The van der Waals surface area contributed by atoms with E-state index in [9.17, 15) is 9.59 Å². The fourth-order valence-corrected chi connectivity index (χ4v) is 2.69. The van der Waals surface area contributed by atoms with Gasteiger partial charge in [0.2, 0.25) is 0 Å². The zero-order valence-electron chi connectivity index (χ0n) is 12.1.